The number of carbonyl (C=O) groups is 1. The minimum atomic E-state index is -0.865. The molecular weight excluding hydrogens is 282 g/mol. The average Bonchev–Trinajstić information content (AvgIpc) is 3.32. The van der Waals surface area contributed by atoms with Crippen molar-refractivity contribution in [3.8, 4) is 0 Å². The second-order valence-electron chi connectivity index (χ2n) is 6.20. The zero-order chi connectivity index (χ0) is 15.4. The van der Waals surface area contributed by atoms with Crippen LogP contribution in [0.2, 0.25) is 0 Å². The van der Waals surface area contributed by atoms with Crippen LogP contribution in [-0.4, -0.2) is 48.5 Å². The Labute approximate surface area is 130 Å². The van der Waals surface area contributed by atoms with Crippen LogP contribution in [0.25, 0.3) is 0 Å². The van der Waals surface area contributed by atoms with Crippen LogP contribution < -0.4 is 0 Å². The highest BCUT2D eigenvalue weighted by atomic mass is 16.5. The maximum Gasteiger partial charge on any atom is 0.407 e. The van der Waals surface area contributed by atoms with Crippen LogP contribution in [0.4, 0.5) is 4.79 Å². The fourth-order valence-electron chi connectivity index (χ4n) is 2.75. The predicted molar refractivity (Wildman–Crippen MR) is 81.9 cm³/mol. The Hall–Kier alpha value is -1.59. The van der Waals surface area contributed by atoms with Crippen molar-refractivity contribution in [2.45, 2.75) is 32.0 Å². The van der Waals surface area contributed by atoms with Gasteiger partial charge in [-0.2, -0.15) is 0 Å². The lowest BCUT2D eigenvalue weighted by molar-refractivity contribution is -0.0210. The van der Waals surface area contributed by atoms with Crippen LogP contribution in [0.1, 0.15) is 24.0 Å². The van der Waals surface area contributed by atoms with Gasteiger partial charge in [0.05, 0.1) is 25.9 Å². The van der Waals surface area contributed by atoms with Crippen LogP contribution in [0.15, 0.2) is 24.3 Å². The standard InChI is InChI=1S/C17H23NO4/c19-17(20)18-6-7-22-16(10-18)9-14-2-1-3-15(8-14)12-21-11-13-4-5-13/h1-3,8,13,16H,4-7,9-12H2,(H,19,20)/t16-/m1/s1. The van der Waals surface area contributed by atoms with E-state index in [2.05, 4.69) is 18.2 Å². The Kier molecular flexibility index (Phi) is 4.95. The van der Waals surface area contributed by atoms with Gasteiger partial charge in [-0.05, 0) is 29.9 Å². The third-order valence-corrected chi connectivity index (χ3v) is 4.18. The first-order chi connectivity index (χ1) is 10.7. The number of hydrogen-bond donors (Lipinski definition) is 1. The van der Waals surface area contributed by atoms with Crippen molar-refractivity contribution in [1.82, 2.24) is 4.90 Å². The van der Waals surface area contributed by atoms with Crippen molar-refractivity contribution < 1.29 is 19.4 Å². The molecule has 1 atom stereocenters. The minimum Gasteiger partial charge on any atom is -0.465 e. The molecule has 3 rings (SSSR count). The molecule has 0 spiro atoms. The highest BCUT2D eigenvalue weighted by molar-refractivity contribution is 5.65. The van der Waals surface area contributed by atoms with Gasteiger partial charge in [-0.1, -0.05) is 24.3 Å². The van der Waals surface area contributed by atoms with Crippen molar-refractivity contribution in [2.75, 3.05) is 26.3 Å². The van der Waals surface area contributed by atoms with E-state index in [1.165, 1.54) is 28.9 Å². The molecule has 2 aliphatic rings. The molecule has 0 aromatic heterocycles. The van der Waals surface area contributed by atoms with Gasteiger partial charge in [-0.3, -0.25) is 0 Å². The molecule has 1 saturated heterocycles. The van der Waals surface area contributed by atoms with Crippen LogP contribution in [0, 0.1) is 5.92 Å². The van der Waals surface area contributed by atoms with Gasteiger partial charge in [0.15, 0.2) is 0 Å². The largest absolute Gasteiger partial charge is 0.465 e. The molecule has 0 unspecified atom stereocenters. The summed E-state index contributed by atoms with van der Waals surface area (Å²) in [7, 11) is 0. The van der Waals surface area contributed by atoms with Crippen LogP contribution in [0.5, 0.6) is 0 Å². The minimum absolute atomic E-state index is 0.0625. The van der Waals surface area contributed by atoms with E-state index in [0.717, 1.165) is 18.9 Å². The Morgan fingerprint density at radius 1 is 1.36 bits per heavy atom. The number of morpholine rings is 1. The fraction of sp³-hybridized carbons (Fsp3) is 0.588. The molecule has 22 heavy (non-hydrogen) atoms. The third-order valence-electron chi connectivity index (χ3n) is 4.18. The summed E-state index contributed by atoms with van der Waals surface area (Å²) in [4.78, 5) is 12.5. The Morgan fingerprint density at radius 2 is 2.18 bits per heavy atom. The second kappa shape index (κ2) is 7.11. The van der Waals surface area contributed by atoms with Gasteiger partial charge >= 0.3 is 6.09 Å². The normalized spacial score (nSPS) is 21.8. The van der Waals surface area contributed by atoms with Gasteiger partial charge in [0.25, 0.3) is 0 Å². The van der Waals surface area contributed by atoms with Crippen LogP contribution in [0.3, 0.4) is 0 Å². The predicted octanol–water partition coefficient (Wildman–Crippen LogP) is 2.53. The SMILES string of the molecule is O=C(O)N1CCO[C@H](Cc2cccc(COCC3CC3)c2)C1. The molecule has 2 fully saturated rings. The Bertz CT molecular complexity index is 515. The monoisotopic (exact) mass is 305 g/mol. The van der Waals surface area contributed by atoms with Gasteiger partial charge in [0, 0.05) is 19.6 Å². The number of nitrogens with zero attached hydrogens (tertiary/aromatic N) is 1. The van der Waals surface area contributed by atoms with E-state index in [-0.39, 0.29) is 6.10 Å². The third kappa shape index (κ3) is 4.45. The fourth-order valence-corrected chi connectivity index (χ4v) is 2.75. The number of amides is 1. The van der Waals surface area contributed by atoms with E-state index >= 15 is 0 Å². The summed E-state index contributed by atoms with van der Waals surface area (Å²) < 4.78 is 11.4. The maximum atomic E-state index is 11.0. The molecule has 5 nitrogen and oxygen atoms in total. The number of ether oxygens (including phenoxy) is 2. The van der Waals surface area contributed by atoms with Gasteiger partial charge in [-0.15, -0.1) is 0 Å². The highest BCUT2D eigenvalue weighted by Gasteiger charge is 2.24. The first-order valence-corrected chi connectivity index (χ1v) is 7.96. The van der Waals surface area contributed by atoms with Crippen molar-refractivity contribution >= 4 is 6.09 Å². The van der Waals surface area contributed by atoms with Crippen LogP contribution >= 0.6 is 0 Å². The second-order valence-corrected chi connectivity index (χ2v) is 6.20. The molecule has 1 saturated carbocycles. The van der Waals surface area contributed by atoms with Crippen LogP contribution in [-0.2, 0) is 22.5 Å². The van der Waals surface area contributed by atoms with Crippen molar-refractivity contribution in [2.24, 2.45) is 5.92 Å². The quantitative estimate of drug-likeness (QED) is 0.877. The summed E-state index contributed by atoms with van der Waals surface area (Å²) in [6.07, 6.45) is 2.42. The van der Waals surface area contributed by atoms with E-state index in [4.69, 9.17) is 14.6 Å². The molecule has 1 N–H and O–H groups in total. The van der Waals surface area contributed by atoms with Gasteiger partial charge in [0.2, 0.25) is 0 Å². The molecule has 120 valence electrons. The average molecular weight is 305 g/mol. The summed E-state index contributed by atoms with van der Waals surface area (Å²) in [6, 6.07) is 8.30. The lowest BCUT2D eigenvalue weighted by atomic mass is 10.0. The zero-order valence-electron chi connectivity index (χ0n) is 12.7. The molecule has 1 heterocycles. The first kappa shape index (κ1) is 15.3. The molecule has 0 bridgehead atoms. The molecule has 1 aromatic rings. The van der Waals surface area contributed by atoms with E-state index < -0.39 is 6.09 Å². The molecular formula is C17H23NO4. The summed E-state index contributed by atoms with van der Waals surface area (Å²) >= 11 is 0. The number of benzene rings is 1. The molecule has 1 aliphatic heterocycles. The highest BCUT2D eigenvalue weighted by Crippen LogP contribution is 2.29. The topological polar surface area (TPSA) is 59.0 Å². The van der Waals surface area contributed by atoms with E-state index in [9.17, 15) is 4.79 Å². The smallest absolute Gasteiger partial charge is 0.407 e. The summed E-state index contributed by atoms with van der Waals surface area (Å²) in [6.45, 7) is 2.89. The molecule has 1 aromatic carbocycles. The lowest BCUT2D eigenvalue weighted by Gasteiger charge is -2.31. The molecule has 5 heteroatoms. The maximum absolute atomic E-state index is 11.0. The summed E-state index contributed by atoms with van der Waals surface area (Å²) in [5, 5.41) is 9.07. The van der Waals surface area contributed by atoms with E-state index in [0.29, 0.717) is 26.3 Å². The summed E-state index contributed by atoms with van der Waals surface area (Å²) in [5.41, 5.74) is 2.34. The van der Waals surface area contributed by atoms with Crippen molar-refractivity contribution in [3.05, 3.63) is 35.4 Å². The van der Waals surface area contributed by atoms with E-state index in [1.54, 1.807) is 0 Å². The molecule has 1 aliphatic carbocycles. The Balaban J connectivity index is 1.51. The Morgan fingerprint density at radius 3 is 2.95 bits per heavy atom. The van der Waals surface area contributed by atoms with Gasteiger partial charge in [0.1, 0.15) is 0 Å². The lowest BCUT2D eigenvalue weighted by Crippen LogP contribution is -2.45. The van der Waals surface area contributed by atoms with E-state index in [1.807, 2.05) is 6.07 Å². The number of hydrogen-bond acceptors (Lipinski definition) is 3. The number of carboxylic acid groups (broad SMARTS) is 1. The van der Waals surface area contributed by atoms with Gasteiger partial charge < -0.3 is 19.5 Å². The number of rotatable bonds is 6. The first-order valence-electron chi connectivity index (χ1n) is 7.96. The van der Waals surface area contributed by atoms with Gasteiger partial charge in [-0.25, -0.2) is 4.79 Å². The summed E-state index contributed by atoms with van der Waals surface area (Å²) in [5.74, 6) is 0.779. The molecule has 1 amide bonds. The zero-order valence-corrected chi connectivity index (χ0v) is 12.7. The van der Waals surface area contributed by atoms with Crippen molar-refractivity contribution in [3.63, 3.8) is 0 Å². The molecule has 0 radical (unpaired) electrons. The van der Waals surface area contributed by atoms with Crippen molar-refractivity contribution in [1.29, 1.82) is 0 Å².